The van der Waals surface area contributed by atoms with Crippen LogP contribution in [0.5, 0.6) is 12.0 Å². The number of aromatic nitrogens is 3. The van der Waals surface area contributed by atoms with Crippen molar-refractivity contribution in [2.75, 3.05) is 32.2 Å². The fourth-order valence-corrected chi connectivity index (χ4v) is 1.27. The number of aliphatic hydroxyl groups excluding tert-OH is 1. The Bertz CT molecular complexity index is 331. The molecule has 0 radical (unpaired) electrons. The van der Waals surface area contributed by atoms with Gasteiger partial charge in [-0.2, -0.15) is 9.97 Å². The van der Waals surface area contributed by atoms with E-state index in [9.17, 15) is 0 Å². The molecule has 0 atom stereocenters. The lowest BCUT2D eigenvalue weighted by Crippen LogP contribution is -2.51. The van der Waals surface area contributed by atoms with Crippen molar-refractivity contribution in [3.05, 3.63) is 0 Å². The predicted molar refractivity (Wildman–Crippen MR) is 51.2 cm³/mol. The van der Waals surface area contributed by atoms with Gasteiger partial charge >= 0.3 is 12.0 Å². The molecule has 2 heterocycles. The predicted octanol–water partition coefficient (Wildman–Crippen LogP) is -0.930. The molecule has 1 fully saturated rings. The second-order valence-corrected chi connectivity index (χ2v) is 3.17. The zero-order valence-corrected chi connectivity index (χ0v) is 8.54. The number of anilines is 1. The summed E-state index contributed by atoms with van der Waals surface area (Å²) in [5.41, 5.74) is 0. The van der Waals surface area contributed by atoms with Crippen LogP contribution in [-0.2, 0) is 0 Å². The van der Waals surface area contributed by atoms with Gasteiger partial charge in [0.2, 0.25) is 5.95 Å². The van der Waals surface area contributed by atoms with Crippen LogP contribution >= 0.6 is 0 Å². The van der Waals surface area contributed by atoms with Gasteiger partial charge in [-0.15, -0.1) is 4.98 Å². The van der Waals surface area contributed by atoms with Gasteiger partial charge in [0.25, 0.3) is 0 Å². The van der Waals surface area contributed by atoms with Crippen LogP contribution in [0.15, 0.2) is 0 Å². The Morgan fingerprint density at radius 2 is 1.67 bits per heavy atom. The minimum absolute atomic E-state index is 0.207. The van der Waals surface area contributed by atoms with Crippen molar-refractivity contribution in [3.8, 4) is 12.0 Å². The van der Waals surface area contributed by atoms with Crippen molar-refractivity contribution in [2.24, 2.45) is 0 Å². The summed E-state index contributed by atoms with van der Waals surface area (Å²) in [5, 5.41) is 9.16. The monoisotopic (exact) mass is 212 g/mol. The lowest BCUT2D eigenvalue weighted by atomic mass is 10.2. The molecule has 0 spiro atoms. The van der Waals surface area contributed by atoms with Gasteiger partial charge in [0, 0.05) is 13.1 Å². The van der Waals surface area contributed by atoms with Gasteiger partial charge in [-0.25, -0.2) is 0 Å². The third-order valence-corrected chi connectivity index (χ3v) is 2.09. The van der Waals surface area contributed by atoms with Crippen molar-refractivity contribution in [1.29, 1.82) is 0 Å². The van der Waals surface area contributed by atoms with Gasteiger partial charge in [0.05, 0.1) is 20.3 Å². The maximum Gasteiger partial charge on any atom is 0.324 e. The molecule has 7 nitrogen and oxygen atoms in total. The maximum atomic E-state index is 9.16. The van der Waals surface area contributed by atoms with Gasteiger partial charge in [-0.1, -0.05) is 0 Å². The highest BCUT2D eigenvalue weighted by molar-refractivity contribution is 5.36. The summed E-state index contributed by atoms with van der Waals surface area (Å²) in [7, 11) is 2.95. The van der Waals surface area contributed by atoms with Crippen molar-refractivity contribution in [2.45, 2.75) is 6.10 Å². The fourth-order valence-electron chi connectivity index (χ4n) is 1.27. The van der Waals surface area contributed by atoms with Crippen LogP contribution in [0.1, 0.15) is 0 Å². The van der Waals surface area contributed by atoms with E-state index in [4.69, 9.17) is 14.6 Å². The Kier molecular flexibility index (Phi) is 2.55. The van der Waals surface area contributed by atoms with Crippen molar-refractivity contribution in [1.82, 2.24) is 15.0 Å². The van der Waals surface area contributed by atoms with Crippen LogP contribution in [0, 0.1) is 0 Å². The molecule has 7 heteroatoms. The number of aliphatic hydroxyl groups is 1. The Morgan fingerprint density at radius 3 is 2.07 bits per heavy atom. The molecule has 0 saturated carbocycles. The van der Waals surface area contributed by atoms with Gasteiger partial charge in [0.15, 0.2) is 0 Å². The van der Waals surface area contributed by atoms with E-state index in [1.165, 1.54) is 14.2 Å². The highest BCUT2D eigenvalue weighted by atomic mass is 16.5. The second kappa shape index (κ2) is 3.85. The molecule has 1 saturated heterocycles. The van der Waals surface area contributed by atoms with Crippen LogP contribution < -0.4 is 14.4 Å². The van der Waals surface area contributed by atoms with Crippen LogP contribution in [0.25, 0.3) is 0 Å². The molecule has 15 heavy (non-hydrogen) atoms. The quantitative estimate of drug-likeness (QED) is 0.693. The molecule has 2 rings (SSSR count). The first-order valence-corrected chi connectivity index (χ1v) is 4.50. The highest BCUT2D eigenvalue weighted by Crippen LogP contribution is 2.20. The van der Waals surface area contributed by atoms with Gasteiger partial charge in [-0.3, -0.25) is 0 Å². The number of nitrogens with zero attached hydrogens (tertiary/aromatic N) is 4. The summed E-state index contributed by atoms with van der Waals surface area (Å²) in [6.07, 6.45) is -0.307. The van der Waals surface area contributed by atoms with Crippen LogP contribution in [-0.4, -0.2) is 53.5 Å². The van der Waals surface area contributed by atoms with Gasteiger partial charge in [-0.05, 0) is 0 Å². The molecular formula is C8H12N4O3. The summed E-state index contributed by atoms with van der Waals surface area (Å²) in [6, 6.07) is 0.413. The number of rotatable bonds is 3. The van der Waals surface area contributed by atoms with E-state index in [1.807, 2.05) is 4.90 Å². The smallest absolute Gasteiger partial charge is 0.324 e. The van der Waals surface area contributed by atoms with Crippen LogP contribution in [0.4, 0.5) is 5.95 Å². The standard InChI is InChI=1S/C8H12N4O3/c1-14-7-9-6(10-8(11-7)15-2)12-3-5(13)4-12/h5,13H,3-4H2,1-2H3. The van der Waals surface area contributed by atoms with Crippen molar-refractivity contribution in [3.63, 3.8) is 0 Å². The van der Waals surface area contributed by atoms with Crippen molar-refractivity contribution < 1.29 is 14.6 Å². The topological polar surface area (TPSA) is 80.6 Å². The Balaban J connectivity index is 2.22. The minimum atomic E-state index is -0.307. The zero-order valence-electron chi connectivity index (χ0n) is 8.54. The lowest BCUT2D eigenvalue weighted by Gasteiger charge is -2.35. The maximum absolute atomic E-state index is 9.16. The number of β-amino-alcohol motifs (C(OH)–C–C–N with tert-alkyl or cyclic N) is 1. The van der Waals surface area contributed by atoms with E-state index in [1.54, 1.807) is 0 Å². The molecule has 1 aromatic heterocycles. The summed E-state index contributed by atoms with van der Waals surface area (Å²) in [4.78, 5) is 13.8. The average molecular weight is 212 g/mol. The number of hydrogen-bond donors (Lipinski definition) is 1. The third kappa shape index (κ3) is 1.91. The highest BCUT2D eigenvalue weighted by Gasteiger charge is 2.27. The van der Waals surface area contributed by atoms with E-state index in [-0.39, 0.29) is 18.1 Å². The molecular weight excluding hydrogens is 200 g/mol. The molecule has 0 unspecified atom stereocenters. The molecule has 0 bridgehead atoms. The van der Waals surface area contributed by atoms with E-state index < -0.39 is 0 Å². The Labute approximate surface area is 86.7 Å². The largest absolute Gasteiger partial charge is 0.467 e. The van der Waals surface area contributed by atoms with Crippen LogP contribution in [0.3, 0.4) is 0 Å². The Hall–Kier alpha value is -1.63. The van der Waals surface area contributed by atoms with E-state index in [0.717, 1.165) is 0 Å². The second-order valence-electron chi connectivity index (χ2n) is 3.17. The number of ether oxygens (including phenoxy) is 2. The summed E-state index contributed by atoms with van der Waals surface area (Å²) in [5.74, 6) is 0.462. The molecule has 0 amide bonds. The summed E-state index contributed by atoms with van der Waals surface area (Å²) < 4.78 is 9.82. The fraction of sp³-hybridized carbons (Fsp3) is 0.625. The molecule has 0 aromatic carbocycles. The SMILES string of the molecule is COc1nc(OC)nc(N2CC(O)C2)n1. The zero-order chi connectivity index (χ0) is 10.8. The van der Waals surface area contributed by atoms with Gasteiger partial charge < -0.3 is 19.5 Å². The number of hydrogen-bond acceptors (Lipinski definition) is 7. The molecule has 1 aromatic rings. The first-order chi connectivity index (χ1) is 7.22. The average Bonchev–Trinajstić information content (AvgIpc) is 2.24. The molecule has 82 valence electrons. The van der Waals surface area contributed by atoms with Crippen LogP contribution in [0.2, 0.25) is 0 Å². The summed E-state index contributed by atoms with van der Waals surface area (Å²) in [6.45, 7) is 1.05. The molecule has 1 aliphatic rings. The number of methoxy groups -OCH3 is 2. The van der Waals surface area contributed by atoms with Crippen molar-refractivity contribution >= 4 is 5.95 Å². The first kappa shape index (κ1) is 9.91. The third-order valence-electron chi connectivity index (χ3n) is 2.09. The Morgan fingerprint density at radius 1 is 1.13 bits per heavy atom. The lowest BCUT2D eigenvalue weighted by molar-refractivity contribution is 0.140. The first-order valence-electron chi connectivity index (χ1n) is 4.50. The van der Waals surface area contributed by atoms with E-state index in [0.29, 0.717) is 19.0 Å². The summed E-state index contributed by atoms with van der Waals surface area (Å²) >= 11 is 0. The van der Waals surface area contributed by atoms with E-state index >= 15 is 0 Å². The van der Waals surface area contributed by atoms with E-state index in [2.05, 4.69) is 15.0 Å². The minimum Gasteiger partial charge on any atom is -0.467 e. The molecule has 0 aliphatic carbocycles. The normalized spacial score (nSPS) is 16.1. The molecule has 1 N–H and O–H groups in total. The van der Waals surface area contributed by atoms with Gasteiger partial charge in [0.1, 0.15) is 0 Å². The molecule has 1 aliphatic heterocycles.